The second-order valence-electron chi connectivity index (χ2n) is 5.49. The van der Waals surface area contributed by atoms with Gasteiger partial charge in [-0.1, -0.05) is 0 Å². The van der Waals surface area contributed by atoms with Gasteiger partial charge in [-0.25, -0.2) is 9.18 Å². The predicted octanol–water partition coefficient (Wildman–Crippen LogP) is 2.76. The van der Waals surface area contributed by atoms with Crippen LogP contribution in [0.3, 0.4) is 0 Å². The van der Waals surface area contributed by atoms with Gasteiger partial charge in [0, 0.05) is 19.2 Å². The number of likely N-dealkylation sites (tertiary alicyclic amines) is 1. The molecule has 1 aliphatic rings. The summed E-state index contributed by atoms with van der Waals surface area (Å²) < 4.78 is 41.9. The van der Waals surface area contributed by atoms with Crippen molar-refractivity contribution in [3.63, 3.8) is 0 Å². The van der Waals surface area contributed by atoms with E-state index in [0.717, 1.165) is 18.2 Å². The van der Waals surface area contributed by atoms with Crippen molar-refractivity contribution in [1.82, 2.24) is 4.90 Å². The number of alkyl halides is 2. The molecule has 1 aromatic carbocycles. The molecule has 0 spiro atoms. The van der Waals surface area contributed by atoms with Crippen LogP contribution in [0.1, 0.15) is 13.3 Å². The monoisotopic (exact) mass is 332 g/mol. The van der Waals surface area contributed by atoms with Gasteiger partial charge in [-0.05, 0) is 25.5 Å². The van der Waals surface area contributed by atoms with Gasteiger partial charge >= 0.3 is 18.6 Å². The van der Waals surface area contributed by atoms with Crippen LogP contribution in [0.15, 0.2) is 18.2 Å². The SMILES string of the molecule is CC1(C(=O)O)CCN(C(=O)Nc2ccc(OC(F)F)cc2F)C1. The molecule has 0 radical (unpaired) electrons. The molecule has 1 unspecified atom stereocenters. The number of halogens is 3. The van der Waals surface area contributed by atoms with Crippen molar-refractivity contribution in [1.29, 1.82) is 0 Å². The Kier molecular flexibility index (Phi) is 4.67. The van der Waals surface area contributed by atoms with Crippen LogP contribution in [0.5, 0.6) is 5.75 Å². The van der Waals surface area contributed by atoms with Crippen molar-refractivity contribution in [2.75, 3.05) is 18.4 Å². The zero-order chi connectivity index (χ0) is 17.2. The first kappa shape index (κ1) is 16.9. The lowest BCUT2D eigenvalue weighted by atomic mass is 9.90. The molecule has 0 aromatic heterocycles. The highest BCUT2D eigenvalue weighted by atomic mass is 19.3. The van der Waals surface area contributed by atoms with Crippen molar-refractivity contribution in [2.45, 2.75) is 20.0 Å². The van der Waals surface area contributed by atoms with Crippen molar-refractivity contribution >= 4 is 17.7 Å². The lowest BCUT2D eigenvalue weighted by molar-refractivity contribution is -0.146. The Morgan fingerprint density at radius 1 is 1.43 bits per heavy atom. The molecule has 1 saturated heterocycles. The molecule has 6 nitrogen and oxygen atoms in total. The van der Waals surface area contributed by atoms with E-state index in [1.165, 1.54) is 11.8 Å². The molecule has 126 valence electrons. The molecule has 1 fully saturated rings. The van der Waals surface area contributed by atoms with Gasteiger partial charge in [0.05, 0.1) is 11.1 Å². The number of nitrogens with one attached hydrogen (secondary N) is 1. The largest absolute Gasteiger partial charge is 0.481 e. The third kappa shape index (κ3) is 3.85. The number of amides is 2. The van der Waals surface area contributed by atoms with Gasteiger partial charge in [-0.2, -0.15) is 8.78 Å². The van der Waals surface area contributed by atoms with Crippen LogP contribution in [-0.2, 0) is 4.79 Å². The van der Waals surface area contributed by atoms with Crippen molar-refractivity contribution in [3.05, 3.63) is 24.0 Å². The van der Waals surface area contributed by atoms with Crippen molar-refractivity contribution in [2.24, 2.45) is 5.41 Å². The minimum atomic E-state index is -3.08. The zero-order valence-corrected chi connectivity index (χ0v) is 12.2. The van der Waals surface area contributed by atoms with Crippen LogP contribution in [0.25, 0.3) is 0 Å². The van der Waals surface area contributed by atoms with E-state index in [-0.39, 0.29) is 24.5 Å². The van der Waals surface area contributed by atoms with Gasteiger partial charge < -0.3 is 20.1 Å². The molecule has 1 atom stereocenters. The molecule has 2 amide bonds. The molecule has 23 heavy (non-hydrogen) atoms. The molecule has 2 rings (SSSR count). The summed E-state index contributed by atoms with van der Waals surface area (Å²) in [6.07, 6.45) is 0.291. The summed E-state index contributed by atoms with van der Waals surface area (Å²) in [6, 6.07) is 2.26. The molecule has 9 heteroatoms. The fourth-order valence-corrected chi connectivity index (χ4v) is 2.28. The molecule has 1 heterocycles. The number of carbonyl (C=O) groups is 2. The van der Waals surface area contributed by atoms with Crippen LogP contribution in [0.4, 0.5) is 23.7 Å². The van der Waals surface area contributed by atoms with Gasteiger partial charge in [0.2, 0.25) is 0 Å². The lowest BCUT2D eigenvalue weighted by Gasteiger charge is -2.20. The maximum atomic E-state index is 13.8. The number of carboxylic acids is 1. The topological polar surface area (TPSA) is 78.9 Å². The summed E-state index contributed by atoms with van der Waals surface area (Å²) in [4.78, 5) is 24.4. The average Bonchev–Trinajstić information content (AvgIpc) is 2.85. The number of hydrogen-bond donors (Lipinski definition) is 2. The summed E-state index contributed by atoms with van der Waals surface area (Å²) in [5.41, 5.74) is -1.24. The van der Waals surface area contributed by atoms with Gasteiger partial charge in [-0.15, -0.1) is 0 Å². The number of carbonyl (C=O) groups excluding carboxylic acids is 1. The fraction of sp³-hybridized carbons (Fsp3) is 0.429. The molecule has 0 aliphatic carbocycles. The first-order valence-electron chi connectivity index (χ1n) is 6.75. The number of urea groups is 1. The molecular weight excluding hydrogens is 317 g/mol. The van der Waals surface area contributed by atoms with Gasteiger partial charge in [0.25, 0.3) is 0 Å². The number of benzene rings is 1. The van der Waals surface area contributed by atoms with Gasteiger partial charge in [-0.3, -0.25) is 4.79 Å². The van der Waals surface area contributed by atoms with Crippen LogP contribution in [-0.4, -0.2) is 41.7 Å². The fourth-order valence-electron chi connectivity index (χ4n) is 2.28. The number of ether oxygens (including phenoxy) is 1. The second-order valence-corrected chi connectivity index (χ2v) is 5.49. The van der Waals surface area contributed by atoms with Crippen LogP contribution < -0.4 is 10.1 Å². The normalized spacial score (nSPS) is 20.7. The molecular formula is C14H15F3N2O4. The summed E-state index contributed by atoms with van der Waals surface area (Å²) in [5, 5.41) is 11.4. The minimum absolute atomic E-state index is 0.00234. The first-order chi connectivity index (χ1) is 10.7. The maximum absolute atomic E-state index is 13.8. The summed E-state index contributed by atoms with van der Waals surface area (Å²) in [5.74, 6) is -2.31. The van der Waals surface area contributed by atoms with E-state index >= 15 is 0 Å². The van der Waals surface area contributed by atoms with E-state index in [4.69, 9.17) is 5.11 Å². The molecule has 0 saturated carbocycles. The van der Waals surface area contributed by atoms with Gasteiger partial charge in [0.1, 0.15) is 11.6 Å². The number of rotatable bonds is 4. The van der Waals surface area contributed by atoms with Crippen molar-refractivity contribution in [3.8, 4) is 5.75 Å². The van der Waals surface area contributed by atoms with E-state index < -0.39 is 29.8 Å². The van der Waals surface area contributed by atoms with Crippen LogP contribution >= 0.6 is 0 Å². The molecule has 1 aliphatic heterocycles. The smallest absolute Gasteiger partial charge is 0.387 e. The Bertz CT molecular complexity index is 626. The number of carboxylic acid groups (broad SMARTS) is 1. The maximum Gasteiger partial charge on any atom is 0.387 e. The number of nitrogens with zero attached hydrogens (tertiary/aromatic N) is 1. The summed E-state index contributed by atoms with van der Waals surface area (Å²) in [6.45, 7) is -1.32. The highest BCUT2D eigenvalue weighted by Gasteiger charge is 2.42. The van der Waals surface area contributed by atoms with Crippen molar-refractivity contribution < 1.29 is 32.6 Å². The van der Waals surface area contributed by atoms with E-state index in [2.05, 4.69) is 10.1 Å². The number of hydrogen-bond acceptors (Lipinski definition) is 3. The standard InChI is InChI=1S/C14H15F3N2O4/c1-14(11(20)21)4-5-19(7-14)13(22)18-10-3-2-8(6-9(10)15)23-12(16)17/h2-3,6,12H,4-5,7H2,1H3,(H,18,22)(H,20,21). The Hall–Kier alpha value is -2.45. The summed E-state index contributed by atoms with van der Waals surface area (Å²) >= 11 is 0. The predicted molar refractivity (Wildman–Crippen MR) is 74.0 cm³/mol. The van der Waals surface area contributed by atoms with Gasteiger partial charge in [0.15, 0.2) is 0 Å². The van der Waals surface area contributed by atoms with E-state index in [0.29, 0.717) is 6.42 Å². The van der Waals surface area contributed by atoms with E-state index in [9.17, 15) is 22.8 Å². The number of anilines is 1. The van der Waals surface area contributed by atoms with Crippen LogP contribution in [0.2, 0.25) is 0 Å². The number of aliphatic carboxylic acids is 1. The Morgan fingerprint density at radius 3 is 2.65 bits per heavy atom. The zero-order valence-electron chi connectivity index (χ0n) is 12.2. The van der Waals surface area contributed by atoms with Crippen LogP contribution in [0, 0.1) is 11.2 Å². The Morgan fingerprint density at radius 2 is 2.13 bits per heavy atom. The minimum Gasteiger partial charge on any atom is -0.481 e. The van der Waals surface area contributed by atoms with E-state index in [1.807, 2.05) is 0 Å². The molecule has 0 bridgehead atoms. The van der Waals surface area contributed by atoms with E-state index in [1.54, 1.807) is 0 Å². The average molecular weight is 332 g/mol. The third-order valence-electron chi connectivity index (χ3n) is 3.68. The summed E-state index contributed by atoms with van der Waals surface area (Å²) in [7, 11) is 0. The molecule has 1 aromatic rings. The quantitative estimate of drug-likeness (QED) is 0.889. The lowest BCUT2D eigenvalue weighted by Crippen LogP contribution is -2.37. The second kappa shape index (κ2) is 6.35. The third-order valence-corrected chi connectivity index (χ3v) is 3.68. The highest BCUT2D eigenvalue weighted by Crippen LogP contribution is 2.31. The highest BCUT2D eigenvalue weighted by molar-refractivity contribution is 5.90. The Labute approximate surface area is 129 Å². The Balaban J connectivity index is 2.02. The first-order valence-corrected chi connectivity index (χ1v) is 6.75. The molecule has 2 N–H and O–H groups in total.